The van der Waals surface area contributed by atoms with Gasteiger partial charge in [-0.1, -0.05) is 0 Å². The van der Waals surface area contributed by atoms with Crippen LogP contribution in [0.1, 0.15) is 19.3 Å². The third kappa shape index (κ3) is 3.31. The summed E-state index contributed by atoms with van der Waals surface area (Å²) in [5.74, 6) is 0. The maximum atomic E-state index is 12.9. The van der Waals surface area contributed by atoms with Gasteiger partial charge in [-0.15, -0.1) is 0 Å². The van der Waals surface area contributed by atoms with E-state index in [4.69, 9.17) is 4.74 Å². The Hall–Kier alpha value is -0.360. The van der Waals surface area contributed by atoms with E-state index in [2.05, 4.69) is 5.32 Å². The fourth-order valence-corrected chi connectivity index (χ4v) is 1.82. The molecule has 15 heavy (non-hydrogen) atoms. The molecule has 0 aromatic rings. The molecule has 1 aliphatic heterocycles. The molecule has 1 saturated heterocycles. The third-order valence-corrected chi connectivity index (χ3v) is 2.85. The number of piperidine rings is 1. The molecular weight excluding hydrogens is 214 g/mol. The Morgan fingerprint density at radius 3 is 2.27 bits per heavy atom. The Bertz CT molecular complexity index is 201. The molecule has 1 N–H and O–H groups in total. The van der Waals surface area contributed by atoms with E-state index in [9.17, 15) is 17.6 Å². The summed E-state index contributed by atoms with van der Waals surface area (Å²) in [6.45, 7) is 1.14. The van der Waals surface area contributed by atoms with Gasteiger partial charge in [0.05, 0.1) is 5.60 Å². The first-order chi connectivity index (χ1) is 6.90. The van der Waals surface area contributed by atoms with Crippen LogP contribution in [0, 0.1) is 0 Å². The Labute approximate surface area is 86.0 Å². The lowest BCUT2D eigenvalue weighted by Crippen LogP contribution is -2.47. The molecule has 90 valence electrons. The summed E-state index contributed by atoms with van der Waals surface area (Å²) >= 11 is 0. The summed E-state index contributed by atoms with van der Waals surface area (Å²) in [5, 5.41) is 3.00. The highest BCUT2D eigenvalue weighted by Crippen LogP contribution is 2.35. The Morgan fingerprint density at radius 1 is 1.33 bits per heavy atom. The summed E-state index contributed by atoms with van der Waals surface area (Å²) in [6, 6.07) is 0. The number of ether oxygens (including phenoxy) is 1. The molecule has 6 heteroatoms. The van der Waals surface area contributed by atoms with Gasteiger partial charge in [0.1, 0.15) is 0 Å². The summed E-state index contributed by atoms with van der Waals surface area (Å²) in [7, 11) is 1.34. The highest BCUT2D eigenvalue weighted by molar-refractivity contribution is 4.89. The van der Waals surface area contributed by atoms with E-state index in [1.807, 2.05) is 0 Å². The third-order valence-electron chi connectivity index (χ3n) is 2.85. The molecule has 1 rings (SSSR count). The molecule has 0 spiro atoms. The van der Waals surface area contributed by atoms with Crippen molar-refractivity contribution in [3.05, 3.63) is 0 Å². The summed E-state index contributed by atoms with van der Waals surface area (Å²) < 4.78 is 54.2. The van der Waals surface area contributed by atoms with Crippen LogP contribution in [0.4, 0.5) is 17.6 Å². The topological polar surface area (TPSA) is 21.3 Å². The number of hydrogen-bond donors (Lipinski definition) is 1. The fourth-order valence-electron chi connectivity index (χ4n) is 1.82. The van der Waals surface area contributed by atoms with Crippen molar-refractivity contribution in [2.45, 2.75) is 37.2 Å². The van der Waals surface area contributed by atoms with Gasteiger partial charge in [-0.3, -0.25) is 0 Å². The van der Waals surface area contributed by atoms with Crippen LogP contribution in [-0.4, -0.2) is 38.1 Å². The minimum absolute atomic E-state index is 0.417. The number of halogens is 4. The largest absolute Gasteiger partial charge is 0.419 e. The SMILES string of the molecule is COC1(CC(F)C(F)(F)F)CCNCC1. The Balaban J connectivity index is 2.59. The van der Waals surface area contributed by atoms with Crippen molar-refractivity contribution in [1.82, 2.24) is 5.32 Å². The average Bonchev–Trinajstić information content (AvgIpc) is 2.18. The number of nitrogens with one attached hydrogen (secondary N) is 1. The molecule has 0 aromatic heterocycles. The van der Waals surface area contributed by atoms with Crippen LogP contribution in [0.5, 0.6) is 0 Å². The van der Waals surface area contributed by atoms with E-state index in [0.717, 1.165) is 0 Å². The van der Waals surface area contributed by atoms with Crippen molar-refractivity contribution in [2.75, 3.05) is 20.2 Å². The lowest BCUT2D eigenvalue weighted by Gasteiger charge is -2.37. The van der Waals surface area contributed by atoms with Crippen molar-refractivity contribution in [3.8, 4) is 0 Å². The minimum atomic E-state index is -4.78. The van der Waals surface area contributed by atoms with Crippen molar-refractivity contribution < 1.29 is 22.3 Å². The van der Waals surface area contributed by atoms with Gasteiger partial charge < -0.3 is 10.1 Å². The monoisotopic (exact) mass is 229 g/mol. The zero-order valence-corrected chi connectivity index (χ0v) is 8.53. The van der Waals surface area contributed by atoms with Crippen molar-refractivity contribution >= 4 is 0 Å². The molecule has 1 fully saturated rings. The average molecular weight is 229 g/mol. The van der Waals surface area contributed by atoms with Crippen molar-refractivity contribution in [1.29, 1.82) is 0 Å². The summed E-state index contributed by atoms with van der Waals surface area (Å²) in [4.78, 5) is 0. The standard InChI is InChI=1S/C9H15F4NO/c1-15-8(2-4-14-5-3-8)6-7(10)9(11,12)13/h7,14H,2-6H2,1H3. The number of alkyl halides is 4. The maximum absolute atomic E-state index is 12.9. The van der Waals surface area contributed by atoms with Gasteiger partial charge in [0.2, 0.25) is 0 Å². The van der Waals surface area contributed by atoms with E-state index in [-0.39, 0.29) is 0 Å². The molecule has 0 saturated carbocycles. The number of rotatable bonds is 3. The highest BCUT2D eigenvalue weighted by Gasteiger charge is 2.46. The zero-order chi connectivity index (χ0) is 11.5. The van der Waals surface area contributed by atoms with E-state index < -0.39 is 24.4 Å². The fraction of sp³-hybridized carbons (Fsp3) is 1.00. The van der Waals surface area contributed by atoms with Crippen LogP contribution in [0.2, 0.25) is 0 Å². The summed E-state index contributed by atoms with van der Waals surface area (Å²) in [6.07, 6.45) is -7.35. The lowest BCUT2D eigenvalue weighted by molar-refractivity contribution is -0.199. The van der Waals surface area contributed by atoms with Gasteiger partial charge in [0.15, 0.2) is 6.17 Å². The molecule has 1 aliphatic rings. The van der Waals surface area contributed by atoms with E-state index in [1.54, 1.807) is 0 Å². The van der Waals surface area contributed by atoms with Gasteiger partial charge >= 0.3 is 6.18 Å². The van der Waals surface area contributed by atoms with Crippen LogP contribution in [0.15, 0.2) is 0 Å². The van der Waals surface area contributed by atoms with Crippen LogP contribution < -0.4 is 5.32 Å². The molecule has 0 aromatic carbocycles. The predicted octanol–water partition coefficient (Wildman–Crippen LogP) is 2.05. The van der Waals surface area contributed by atoms with Crippen molar-refractivity contribution in [2.24, 2.45) is 0 Å². The molecule has 2 nitrogen and oxygen atoms in total. The van der Waals surface area contributed by atoms with Gasteiger partial charge in [0, 0.05) is 13.5 Å². The van der Waals surface area contributed by atoms with Gasteiger partial charge in [-0.05, 0) is 25.9 Å². The maximum Gasteiger partial charge on any atom is 0.419 e. The second kappa shape index (κ2) is 4.65. The van der Waals surface area contributed by atoms with E-state index in [0.29, 0.717) is 25.9 Å². The minimum Gasteiger partial charge on any atom is -0.378 e. The lowest BCUT2D eigenvalue weighted by atomic mass is 9.86. The van der Waals surface area contributed by atoms with Gasteiger partial charge in [-0.2, -0.15) is 13.2 Å². The Morgan fingerprint density at radius 2 is 1.87 bits per heavy atom. The van der Waals surface area contributed by atoms with Crippen LogP contribution in [0.3, 0.4) is 0 Å². The van der Waals surface area contributed by atoms with E-state index in [1.165, 1.54) is 7.11 Å². The molecule has 1 unspecified atom stereocenters. The Kier molecular flexibility index (Phi) is 3.94. The quantitative estimate of drug-likeness (QED) is 0.748. The smallest absolute Gasteiger partial charge is 0.378 e. The molecule has 1 atom stereocenters. The normalized spacial score (nSPS) is 23.8. The highest BCUT2D eigenvalue weighted by atomic mass is 19.4. The molecule has 1 heterocycles. The zero-order valence-electron chi connectivity index (χ0n) is 8.53. The van der Waals surface area contributed by atoms with Crippen molar-refractivity contribution in [3.63, 3.8) is 0 Å². The molecule has 0 aliphatic carbocycles. The van der Waals surface area contributed by atoms with Gasteiger partial charge in [0.25, 0.3) is 0 Å². The number of hydrogen-bond acceptors (Lipinski definition) is 2. The van der Waals surface area contributed by atoms with Crippen LogP contribution >= 0.6 is 0 Å². The molecule has 0 radical (unpaired) electrons. The van der Waals surface area contributed by atoms with E-state index >= 15 is 0 Å². The number of methoxy groups -OCH3 is 1. The van der Waals surface area contributed by atoms with Gasteiger partial charge in [-0.25, -0.2) is 4.39 Å². The molecular formula is C9H15F4NO. The first kappa shape index (κ1) is 12.7. The first-order valence-corrected chi connectivity index (χ1v) is 4.86. The van der Waals surface area contributed by atoms with Crippen LogP contribution in [-0.2, 0) is 4.74 Å². The second-order valence-electron chi connectivity index (χ2n) is 3.85. The summed E-state index contributed by atoms with van der Waals surface area (Å²) in [5.41, 5.74) is -0.958. The predicted molar refractivity (Wildman–Crippen MR) is 47.4 cm³/mol. The second-order valence-corrected chi connectivity index (χ2v) is 3.85. The molecule has 0 amide bonds. The molecule has 0 bridgehead atoms. The first-order valence-electron chi connectivity index (χ1n) is 4.86. The van der Waals surface area contributed by atoms with Crippen LogP contribution in [0.25, 0.3) is 0 Å².